The van der Waals surface area contributed by atoms with Gasteiger partial charge in [-0.2, -0.15) is 0 Å². The van der Waals surface area contributed by atoms with Crippen molar-refractivity contribution < 1.29 is 28.7 Å². The Kier molecular flexibility index (Phi) is 9.77. The maximum atomic E-state index is 13.1. The number of imide groups is 2. The van der Waals surface area contributed by atoms with E-state index in [9.17, 15) is 19.2 Å². The molecule has 0 bridgehead atoms. The molecule has 9 rings (SSSR count). The summed E-state index contributed by atoms with van der Waals surface area (Å²) >= 11 is 0. The zero-order valence-corrected chi connectivity index (χ0v) is 32.8. The minimum Gasteiger partial charge on any atom is -0.492 e. The summed E-state index contributed by atoms with van der Waals surface area (Å²) < 4.78 is 12.0. The topological polar surface area (TPSA) is 153 Å². The molecule has 57 heavy (non-hydrogen) atoms. The largest absolute Gasteiger partial charge is 0.492 e. The van der Waals surface area contributed by atoms with E-state index in [2.05, 4.69) is 60.0 Å². The van der Waals surface area contributed by atoms with Crippen LogP contribution in [0.4, 0.5) is 5.82 Å². The highest BCUT2D eigenvalue weighted by Crippen LogP contribution is 2.39. The highest BCUT2D eigenvalue weighted by molar-refractivity contribution is 6.23. The van der Waals surface area contributed by atoms with Crippen LogP contribution in [0.3, 0.4) is 0 Å². The number of carbonyl (C=O) groups excluding carboxylic acids is 4. The van der Waals surface area contributed by atoms with Gasteiger partial charge < -0.3 is 19.3 Å². The second kappa shape index (κ2) is 14.9. The third-order valence-corrected chi connectivity index (χ3v) is 12.1. The minimum atomic E-state index is -0.983. The van der Waals surface area contributed by atoms with Crippen LogP contribution in [0.25, 0.3) is 0 Å². The second-order valence-corrected chi connectivity index (χ2v) is 16.7. The molecule has 4 saturated heterocycles. The molecule has 1 N–H and O–H groups in total. The van der Waals surface area contributed by atoms with E-state index < -0.39 is 29.7 Å². The molecule has 0 saturated carbocycles. The number of fused-ring (bicyclic) bond motifs is 2. The van der Waals surface area contributed by atoms with Gasteiger partial charge in [-0.15, -0.1) is 0 Å². The predicted octanol–water partition coefficient (Wildman–Crippen LogP) is 2.22. The molecule has 6 aliphatic heterocycles. The molecule has 0 radical (unpaired) electrons. The number of rotatable bonds is 12. The lowest BCUT2D eigenvalue weighted by Crippen LogP contribution is -2.72. The highest BCUT2D eigenvalue weighted by Gasteiger charge is 2.51. The summed E-state index contributed by atoms with van der Waals surface area (Å²) in [5, 5.41) is 2.22. The number of aromatic nitrogens is 2. The molecule has 0 aliphatic carbocycles. The zero-order chi connectivity index (χ0) is 39.4. The van der Waals surface area contributed by atoms with Gasteiger partial charge in [-0.25, -0.2) is 9.97 Å². The Morgan fingerprint density at radius 1 is 0.860 bits per heavy atom. The zero-order valence-electron chi connectivity index (χ0n) is 32.8. The fourth-order valence-electron chi connectivity index (χ4n) is 9.34. The van der Waals surface area contributed by atoms with Gasteiger partial charge in [0.2, 0.25) is 11.8 Å². The number of piperidine rings is 1. The Morgan fingerprint density at radius 3 is 2.39 bits per heavy atom. The summed E-state index contributed by atoms with van der Waals surface area (Å²) in [6, 6.07) is 12.6. The number of piperazine rings is 1. The lowest BCUT2D eigenvalue weighted by Gasteiger charge is -2.60. The van der Waals surface area contributed by atoms with Crippen molar-refractivity contribution in [2.24, 2.45) is 10.4 Å². The lowest BCUT2D eigenvalue weighted by atomic mass is 9.73. The maximum Gasteiger partial charge on any atom is 0.262 e. The number of amides is 4. The molecule has 7 heterocycles. The van der Waals surface area contributed by atoms with Crippen molar-refractivity contribution >= 4 is 35.2 Å². The molecule has 1 unspecified atom stereocenters. The number of aliphatic imine (C=N–C) groups is 1. The van der Waals surface area contributed by atoms with Gasteiger partial charge in [-0.05, 0) is 63.1 Å². The summed E-state index contributed by atoms with van der Waals surface area (Å²) in [7, 11) is 0. The van der Waals surface area contributed by atoms with Crippen molar-refractivity contribution in [1.82, 2.24) is 34.9 Å². The van der Waals surface area contributed by atoms with E-state index in [-0.39, 0.29) is 30.1 Å². The van der Waals surface area contributed by atoms with Crippen LogP contribution < -0.4 is 19.7 Å². The van der Waals surface area contributed by atoms with Gasteiger partial charge in [0, 0.05) is 95.0 Å². The molecule has 298 valence electrons. The first-order chi connectivity index (χ1) is 27.5. The lowest BCUT2D eigenvalue weighted by molar-refractivity contribution is -0.136. The summed E-state index contributed by atoms with van der Waals surface area (Å²) in [6.45, 7) is 17.5. The molecule has 2 atom stereocenters. The average Bonchev–Trinajstić information content (AvgIpc) is 3.69. The van der Waals surface area contributed by atoms with Gasteiger partial charge in [0.05, 0.1) is 35.2 Å². The highest BCUT2D eigenvalue weighted by atomic mass is 16.5. The van der Waals surface area contributed by atoms with Crippen LogP contribution in [-0.2, 0) is 16.1 Å². The van der Waals surface area contributed by atoms with E-state index in [0.717, 1.165) is 98.9 Å². The van der Waals surface area contributed by atoms with Crippen molar-refractivity contribution in [3.63, 3.8) is 0 Å². The number of likely N-dealkylation sites (tertiary alicyclic amines) is 2. The number of ether oxygens (including phenoxy) is 2. The van der Waals surface area contributed by atoms with E-state index in [1.165, 1.54) is 5.56 Å². The van der Waals surface area contributed by atoms with Crippen LogP contribution in [0.5, 0.6) is 11.5 Å². The van der Waals surface area contributed by atoms with Gasteiger partial charge >= 0.3 is 0 Å². The maximum absolute atomic E-state index is 13.1. The van der Waals surface area contributed by atoms with Crippen molar-refractivity contribution in [2.45, 2.75) is 58.3 Å². The van der Waals surface area contributed by atoms with Gasteiger partial charge in [-0.3, -0.25) is 44.2 Å². The Labute approximate surface area is 332 Å². The third-order valence-electron chi connectivity index (χ3n) is 12.1. The number of nitrogens with zero attached hydrogens (tertiary/aromatic N) is 8. The van der Waals surface area contributed by atoms with E-state index >= 15 is 0 Å². The van der Waals surface area contributed by atoms with Gasteiger partial charge in [-0.1, -0.05) is 6.07 Å². The Bertz CT molecular complexity index is 2140. The van der Waals surface area contributed by atoms with Crippen LogP contribution in [-0.4, -0.2) is 149 Å². The van der Waals surface area contributed by atoms with Crippen LogP contribution in [0, 0.1) is 5.41 Å². The number of benzene rings is 2. The van der Waals surface area contributed by atoms with Crippen molar-refractivity contribution in [3.8, 4) is 11.5 Å². The van der Waals surface area contributed by atoms with E-state index in [0.29, 0.717) is 30.4 Å². The normalized spacial score (nSPS) is 23.3. The Balaban J connectivity index is 0.694. The first-order valence-electron chi connectivity index (χ1n) is 20.1. The van der Waals surface area contributed by atoms with E-state index in [1.54, 1.807) is 24.5 Å². The minimum absolute atomic E-state index is 0.0872. The molecular formula is C42H49N9O6. The van der Waals surface area contributed by atoms with Crippen molar-refractivity contribution in [1.29, 1.82) is 0 Å². The molecule has 1 aromatic heterocycles. The van der Waals surface area contributed by atoms with Gasteiger partial charge in [0.15, 0.2) is 0 Å². The van der Waals surface area contributed by atoms with Crippen LogP contribution in [0.1, 0.15) is 71.1 Å². The second-order valence-electron chi connectivity index (χ2n) is 16.7. The standard InChI is InChI=1S/C42H49N9O6/c1-26(2)57-30-5-4-28-19-43-38(32(28)17-30)34-18-36(45-25-44-34)50-13-12-49(27(3)20-50)11-10-47-21-42(22-47)23-48(24-42)14-15-56-29-6-7-31-33(16-29)41(55)51(40(31)54)35-8-9-37(52)46-39(35)53/h4-7,16-18,25-27,35H,8-15,19-24H2,1-3H3,(H,46,52,53)/t27-,35?/m0/s1. The number of hydrogen-bond donors (Lipinski definition) is 1. The summed E-state index contributed by atoms with van der Waals surface area (Å²) in [5.74, 6) is 0.242. The van der Waals surface area contributed by atoms with E-state index in [4.69, 9.17) is 14.5 Å². The average molecular weight is 776 g/mol. The fourth-order valence-corrected chi connectivity index (χ4v) is 9.34. The molecule has 4 fully saturated rings. The molecular weight excluding hydrogens is 727 g/mol. The Hall–Kier alpha value is -5.25. The third kappa shape index (κ3) is 7.28. The first kappa shape index (κ1) is 37.3. The SMILES string of the molecule is CC(C)Oc1ccc2c(c1)C(c1cc(N3CCN(CCN4CC5(CN(CCOc6ccc7c(c6)C(=O)N(C6CCC(=O)NC6=O)C7=O)C5)C4)[C@@H](C)C3)ncn1)=NC2. The van der Waals surface area contributed by atoms with Crippen molar-refractivity contribution in [3.05, 3.63) is 76.7 Å². The molecule has 1 spiro atoms. The number of anilines is 1. The smallest absolute Gasteiger partial charge is 0.262 e. The van der Waals surface area contributed by atoms with Crippen LogP contribution >= 0.6 is 0 Å². The van der Waals surface area contributed by atoms with Crippen LogP contribution in [0.15, 0.2) is 53.8 Å². The van der Waals surface area contributed by atoms with Gasteiger partial charge in [0.1, 0.15) is 36.3 Å². The molecule has 15 nitrogen and oxygen atoms in total. The molecule has 3 aromatic rings. The molecule has 2 aromatic carbocycles. The number of nitrogens with one attached hydrogen (secondary N) is 1. The fraction of sp³-hybridized carbons (Fsp3) is 0.500. The first-order valence-corrected chi connectivity index (χ1v) is 20.1. The van der Waals surface area contributed by atoms with Crippen molar-refractivity contribution in [2.75, 3.05) is 77.0 Å². The summed E-state index contributed by atoms with van der Waals surface area (Å²) in [4.78, 5) is 75.1. The summed E-state index contributed by atoms with van der Waals surface area (Å²) in [5.41, 5.74) is 4.86. The molecule has 4 amide bonds. The molecule has 15 heteroatoms. The quantitative estimate of drug-likeness (QED) is 0.269. The van der Waals surface area contributed by atoms with Crippen LogP contribution in [0.2, 0.25) is 0 Å². The predicted molar refractivity (Wildman–Crippen MR) is 211 cm³/mol. The summed E-state index contributed by atoms with van der Waals surface area (Å²) in [6.07, 6.45) is 1.98. The number of hydrogen-bond acceptors (Lipinski definition) is 13. The monoisotopic (exact) mass is 775 g/mol. The van der Waals surface area contributed by atoms with E-state index in [1.807, 2.05) is 19.9 Å². The van der Waals surface area contributed by atoms with Gasteiger partial charge in [0.25, 0.3) is 11.8 Å². The molecule has 6 aliphatic rings. The Morgan fingerprint density at radius 2 is 1.61 bits per heavy atom. The number of carbonyl (C=O) groups is 4.